The van der Waals surface area contributed by atoms with Crippen molar-refractivity contribution in [2.75, 3.05) is 0 Å². The van der Waals surface area contributed by atoms with Crippen molar-refractivity contribution in [3.8, 4) is 0 Å². The van der Waals surface area contributed by atoms with Gasteiger partial charge in [0.05, 0.1) is 5.60 Å². The number of fused-ring (bicyclic) bond motifs is 4. The first-order chi connectivity index (χ1) is 9.92. The Bertz CT molecular complexity index is 605. The first-order valence-electron chi connectivity index (χ1n) is 8.31. The van der Waals surface area contributed by atoms with Crippen molar-refractivity contribution in [3.63, 3.8) is 0 Å². The van der Waals surface area contributed by atoms with Gasteiger partial charge in [0.1, 0.15) is 0 Å². The van der Waals surface area contributed by atoms with Gasteiger partial charge in [-0.05, 0) is 73.7 Å². The number of rotatable bonds is 0. The van der Waals surface area contributed by atoms with Crippen LogP contribution in [0.15, 0.2) is 34.9 Å². The van der Waals surface area contributed by atoms with E-state index in [1.165, 1.54) is 16.7 Å². The second kappa shape index (κ2) is 4.19. The van der Waals surface area contributed by atoms with Crippen LogP contribution in [0.1, 0.15) is 52.4 Å². The van der Waals surface area contributed by atoms with Crippen LogP contribution in [-0.2, 0) is 4.79 Å². The van der Waals surface area contributed by atoms with Gasteiger partial charge in [-0.25, -0.2) is 0 Å². The molecule has 1 saturated carbocycles. The molecule has 0 unspecified atom stereocenters. The van der Waals surface area contributed by atoms with Gasteiger partial charge in [0.15, 0.2) is 5.78 Å². The molecule has 112 valence electrons. The fourth-order valence-electron chi connectivity index (χ4n) is 5.24. The van der Waals surface area contributed by atoms with Gasteiger partial charge in [-0.3, -0.25) is 4.79 Å². The summed E-state index contributed by atoms with van der Waals surface area (Å²) in [5.41, 5.74) is 3.53. The van der Waals surface area contributed by atoms with Gasteiger partial charge in [-0.1, -0.05) is 19.1 Å². The van der Waals surface area contributed by atoms with Crippen LogP contribution >= 0.6 is 0 Å². The Labute approximate surface area is 126 Å². The van der Waals surface area contributed by atoms with Crippen LogP contribution < -0.4 is 0 Å². The van der Waals surface area contributed by atoms with Gasteiger partial charge in [0.2, 0.25) is 0 Å². The van der Waals surface area contributed by atoms with Crippen LogP contribution in [0.3, 0.4) is 0 Å². The van der Waals surface area contributed by atoms with Gasteiger partial charge in [-0.15, -0.1) is 0 Å². The normalized spacial score (nSPS) is 45.1. The molecular weight excluding hydrogens is 260 g/mol. The second-order valence-corrected chi connectivity index (χ2v) is 7.75. The lowest BCUT2D eigenvalue weighted by Gasteiger charge is -2.47. The molecule has 0 heterocycles. The molecule has 0 aliphatic heterocycles. The van der Waals surface area contributed by atoms with E-state index in [1.807, 2.05) is 13.0 Å². The summed E-state index contributed by atoms with van der Waals surface area (Å²) in [6.07, 6.45) is 12.2. The molecule has 4 rings (SSSR count). The predicted octanol–water partition coefficient (Wildman–Crippen LogP) is 3.72. The molecule has 2 heteroatoms. The van der Waals surface area contributed by atoms with Gasteiger partial charge in [0, 0.05) is 11.8 Å². The standard InChI is InChI=1S/C19H24O2/c1-18-9-7-15-14-6-4-13(20)11-12(14)3-5-16(15)17(18)8-10-19(18,2)21/h7,9,11,16-17,21H,3-6,8,10H2,1-2H3/t16-,17+,18-,19-/m0/s1. The molecule has 4 aliphatic rings. The minimum absolute atomic E-state index is 0.0899. The maximum atomic E-state index is 11.6. The lowest BCUT2D eigenvalue weighted by atomic mass is 9.58. The van der Waals surface area contributed by atoms with Crippen LogP contribution in [-0.4, -0.2) is 16.5 Å². The maximum absolute atomic E-state index is 11.6. The molecular formula is C19H24O2. The highest BCUT2D eigenvalue weighted by atomic mass is 16.3. The molecule has 0 aromatic carbocycles. The Morgan fingerprint density at radius 2 is 2.00 bits per heavy atom. The molecule has 4 aliphatic carbocycles. The second-order valence-electron chi connectivity index (χ2n) is 7.75. The number of carbonyl (C=O) groups is 1. The lowest BCUT2D eigenvalue weighted by Crippen LogP contribution is -2.45. The van der Waals surface area contributed by atoms with Crippen molar-refractivity contribution >= 4 is 5.78 Å². The van der Waals surface area contributed by atoms with Crippen LogP contribution in [0.5, 0.6) is 0 Å². The summed E-state index contributed by atoms with van der Waals surface area (Å²) in [6, 6.07) is 0. The molecule has 0 amide bonds. The monoisotopic (exact) mass is 284 g/mol. The smallest absolute Gasteiger partial charge is 0.156 e. The van der Waals surface area contributed by atoms with E-state index in [9.17, 15) is 9.90 Å². The zero-order chi connectivity index (χ0) is 14.8. The summed E-state index contributed by atoms with van der Waals surface area (Å²) in [6.45, 7) is 4.24. The van der Waals surface area contributed by atoms with Crippen molar-refractivity contribution in [3.05, 3.63) is 34.9 Å². The summed E-state index contributed by atoms with van der Waals surface area (Å²) in [5.74, 6) is 1.43. The molecule has 4 atom stereocenters. The topological polar surface area (TPSA) is 37.3 Å². The van der Waals surface area contributed by atoms with Crippen molar-refractivity contribution in [1.82, 2.24) is 0 Å². The van der Waals surface area contributed by atoms with Gasteiger partial charge >= 0.3 is 0 Å². The number of hydrogen-bond acceptors (Lipinski definition) is 2. The number of aliphatic hydroxyl groups is 1. The van der Waals surface area contributed by atoms with Crippen LogP contribution in [0, 0.1) is 17.3 Å². The number of allylic oxidation sites excluding steroid dienone is 5. The Morgan fingerprint density at radius 1 is 1.19 bits per heavy atom. The highest BCUT2D eigenvalue weighted by Crippen LogP contribution is 2.60. The maximum Gasteiger partial charge on any atom is 0.156 e. The van der Waals surface area contributed by atoms with Crippen molar-refractivity contribution in [1.29, 1.82) is 0 Å². The molecule has 21 heavy (non-hydrogen) atoms. The summed E-state index contributed by atoms with van der Waals surface area (Å²) < 4.78 is 0. The fourth-order valence-corrected chi connectivity index (χ4v) is 5.24. The van der Waals surface area contributed by atoms with Gasteiger partial charge < -0.3 is 5.11 Å². The predicted molar refractivity (Wildman–Crippen MR) is 82.7 cm³/mol. The van der Waals surface area contributed by atoms with E-state index in [0.29, 0.717) is 24.0 Å². The van der Waals surface area contributed by atoms with Crippen molar-refractivity contribution in [2.24, 2.45) is 17.3 Å². The molecule has 1 fully saturated rings. The van der Waals surface area contributed by atoms with Crippen LogP contribution in [0.25, 0.3) is 0 Å². The van der Waals surface area contributed by atoms with E-state index in [2.05, 4.69) is 19.1 Å². The molecule has 2 nitrogen and oxygen atoms in total. The number of hydrogen-bond donors (Lipinski definition) is 1. The minimum Gasteiger partial charge on any atom is -0.389 e. The zero-order valence-electron chi connectivity index (χ0n) is 13.0. The van der Waals surface area contributed by atoms with E-state index in [1.54, 1.807) is 0 Å². The minimum atomic E-state index is -0.580. The van der Waals surface area contributed by atoms with Crippen molar-refractivity contribution in [2.45, 2.75) is 58.0 Å². The lowest BCUT2D eigenvalue weighted by molar-refractivity contribution is -0.114. The van der Waals surface area contributed by atoms with E-state index in [4.69, 9.17) is 0 Å². The summed E-state index contributed by atoms with van der Waals surface area (Å²) in [5, 5.41) is 10.8. The molecule has 0 radical (unpaired) electrons. The summed E-state index contributed by atoms with van der Waals surface area (Å²) in [7, 11) is 0. The first kappa shape index (κ1) is 13.5. The fraction of sp³-hybridized carbons (Fsp3) is 0.632. The first-order valence-corrected chi connectivity index (χ1v) is 8.31. The van der Waals surface area contributed by atoms with Gasteiger partial charge in [-0.2, -0.15) is 0 Å². The van der Waals surface area contributed by atoms with Crippen LogP contribution in [0.2, 0.25) is 0 Å². The molecule has 0 aromatic rings. The largest absolute Gasteiger partial charge is 0.389 e. The van der Waals surface area contributed by atoms with E-state index in [0.717, 1.165) is 32.1 Å². The molecule has 1 N–H and O–H groups in total. The highest BCUT2D eigenvalue weighted by Gasteiger charge is 2.56. The number of ketones is 1. The van der Waals surface area contributed by atoms with E-state index >= 15 is 0 Å². The molecule has 0 saturated heterocycles. The Balaban J connectivity index is 1.83. The third-order valence-electron chi connectivity index (χ3n) is 6.78. The Morgan fingerprint density at radius 3 is 2.81 bits per heavy atom. The zero-order valence-corrected chi connectivity index (χ0v) is 13.0. The molecule has 0 aromatic heterocycles. The Kier molecular flexibility index (Phi) is 2.70. The summed E-state index contributed by atoms with van der Waals surface area (Å²) in [4.78, 5) is 11.6. The number of carbonyl (C=O) groups excluding carboxylic acids is 1. The van der Waals surface area contributed by atoms with E-state index < -0.39 is 5.60 Å². The average Bonchev–Trinajstić information content (AvgIpc) is 2.69. The molecule has 0 spiro atoms. The van der Waals surface area contributed by atoms with Gasteiger partial charge in [0.25, 0.3) is 0 Å². The third-order valence-corrected chi connectivity index (χ3v) is 6.78. The summed E-state index contributed by atoms with van der Waals surface area (Å²) >= 11 is 0. The molecule has 0 bridgehead atoms. The van der Waals surface area contributed by atoms with E-state index in [-0.39, 0.29) is 5.41 Å². The third kappa shape index (κ3) is 1.72. The quantitative estimate of drug-likeness (QED) is 0.736. The Hall–Kier alpha value is -1.15. The van der Waals surface area contributed by atoms with Crippen molar-refractivity contribution < 1.29 is 9.90 Å². The van der Waals surface area contributed by atoms with Crippen LogP contribution in [0.4, 0.5) is 0 Å². The highest BCUT2D eigenvalue weighted by molar-refractivity contribution is 5.93. The SMILES string of the molecule is C[C@]1(O)CC[C@@H]2[C@H]3CCC4=CC(=O)CCC4=C3C=C[C@@]21C. The average molecular weight is 284 g/mol.